The van der Waals surface area contributed by atoms with Crippen LogP contribution in [0.15, 0.2) is 30.7 Å². The molecule has 15 heavy (non-hydrogen) atoms. The van der Waals surface area contributed by atoms with Crippen LogP contribution in [0.2, 0.25) is 0 Å². The molecule has 78 valence electrons. The molecular weight excluding hydrogens is 209 g/mol. The van der Waals surface area contributed by atoms with E-state index in [1.54, 1.807) is 18.2 Å². The highest BCUT2D eigenvalue weighted by Crippen LogP contribution is 2.14. The maximum Gasteiger partial charge on any atom is 0.585 e. The van der Waals surface area contributed by atoms with Crippen molar-refractivity contribution in [2.45, 2.75) is 6.30 Å². The number of aromatic nitrogens is 4. The minimum absolute atomic E-state index is 0.0307. The Morgan fingerprint density at radius 3 is 2.53 bits per heavy atom. The number of H-pyrrole nitrogens is 1. The van der Waals surface area contributed by atoms with Crippen LogP contribution >= 0.6 is 0 Å². The van der Waals surface area contributed by atoms with Gasteiger partial charge in [-0.15, -0.1) is 13.2 Å². The molecule has 0 saturated carbocycles. The SMILES string of the molecule is FC(F)(F)[n+]1cnc(-c2ccccn2)[nH]1. The van der Waals surface area contributed by atoms with Crippen LogP contribution in [-0.4, -0.2) is 15.1 Å². The summed E-state index contributed by atoms with van der Waals surface area (Å²) in [7, 11) is 0. The summed E-state index contributed by atoms with van der Waals surface area (Å²) in [6, 6.07) is 4.91. The molecule has 0 atom stereocenters. The van der Waals surface area contributed by atoms with Gasteiger partial charge in [0.05, 0.1) is 0 Å². The van der Waals surface area contributed by atoms with Crippen LogP contribution in [0.1, 0.15) is 0 Å². The quantitative estimate of drug-likeness (QED) is 0.727. The van der Waals surface area contributed by atoms with Gasteiger partial charge in [0.2, 0.25) is 0 Å². The van der Waals surface area contributed by atoms with Crippen LogP contribution < -0.4 is 4.68 Å². The molecule has 4 nitrogen and oxygen atoms in total. The molecule has 0 spiro atoms. The second-order valence-electron chi connectivity index (χ2n) is 2.76. The summed E-state index contributed by atoms with van der Waals surface area (Å²) >= 11 is 0. The molecule has 0 bridgehead atoms. The van der Waals surface area contributed by atoms with Crippen LogP contribution in [0, 0.1) is 0 Å². The van der Waals surface area contributed by atoms with Gasteiger partial charge in [-0.2, -0.15) is 5.10 Å². The van der Waals surface area contributed by atoms with Gasteiger partial charge in [-0.3, -0.25) is 4.98 Å². The highest BCUT2D eigenvalue weighted by Gasteiger charge is 2.39. The lowest BCUT2D eigenvalue weighted by molar-refractivity contribution is -0.894. The molecular formula is C8H6F3N4+. The Kier molecular flexibility index (Phi) is 2.14. The van der Waals surface area contributed by atoms with Gasteiger partial charge in [0, 0.05) is 6.20 Å². The average Bonchev–Trinajstić information content (AvgIpc) is 2.67. The van der Waals surface area contributed by atoms with E-state index in [1.165, 1.54) is 6.20 Å². The molecule has 2 aromatic rings. The second-order valence-corrected chi connectivity index (χ2v) is 2.76. The number of alkyl halides is 3. The van der Waals surface area contributed by atoms with Crippen molar-refractivity contribution >= 4 is 0 Å². The number of halogens is 3. The number of pyridine rings is 1. The molecule has 0 aliphatic heterocycles. The molecule has 0 radical (unpaired) electrons. The van der Waals surface area contributed by atoms with Crippen molar-refractivity contribution < 1.29 is 17.9 Å². The number of nitrogens with zero attached hydrogens (tertiary/aromatic N) is 3. The van der Waals surface area contributed by atoms with E-state index in [0.29, 0.717) is 12.0 Å². The van der Waals surface area contributed by atoms with Crippen LogP contribution in [0.25, 0.3) is 11.5 Å². The highest BCUT2D eigenvalue weighted by atomic mass is 19.4. The smallest absolute Gasteiger partial charge is 0.250 e. The van der Waals surface area contributed by atoms with Gasteiger partial charge in [-0.05, 0) is 17.1 Å². The average molecular weight is 215 g/mol. The molecule has 0 aliphatic rings. The summed E-state index contributed by atoms with van der Waals surface area (Å²) in [6.07, 6.45) is -2.33. The first kappa shape index (κ1) is 9.63. The third-order valence-electron chi connectivity index (χ3n) is 1.71. The van der Waals surface area contributed by atoms with Gasteiger partial charge in [0.25, 0.3) is 0 Å². The lowest BCUT2D eigenvalue weighted by Crippen LogP contribution is -2.48. The first-order valence-corrected chi connectivity index (χ1v) is 4.02. The van der Waals surface area contributed by atoms with Crippen molar-refractivity contribution in [1.82, 2.24) is 15.1 Å². The molecule has 7 heteroatoms. The van der Waals surface area contributed by atoms with Gasteiger partial charge >= 0.3 is 18.5 Å². The van der Waals surface area contributed by atoms with Crippen LogP contribution in [0.3, 0.4) is 0 Å². The van der Waals surface area contributed by atoms with E-state index in [1.807, 2.05) is 0 Å². The third kappa shape index (κ3) is 1.95. The fourth-order valence-corrected chi connectivity index (χ4v) is 1.04. The van der Waals surface area contributed by atoms with Crippen LogP contribution in [0.5, 0.6) is 0 Å². The summed E-state index contributed by atoms with van der Waals surface area (Å²) in [5.74, 6) is 0.0768. The van der Waals surface area contributed by atoms with E-state index in [0.717, 1.165) is 0 Å². The summed E-state index contributed by atoms with van der Waals surface area (Å²) in [4.78, 5) is 7.45. The first-order valence-electron chi connectivity index (χ1n) is 4.02. The molecule has 0 saturated heterocycles. The number of nitrogens with one attached hydrogen (secondary N) is 1. The van der Waals surface area contributed by atoms with Gasteiger partial charge < -0.3 is 0 Å². The molecule has 1 N–H and O–H groups in total. The Hall–Kier alpha value is -1.92. The minimum atomic E-state index is -4.49. The fourth-order valence-electron chi connectivity index (χ4n) is 1.04. The lowest BCUT2D eigenvalue weighted by Gasteiger charge is -1.96. The zero-order valence-electron chi connectivity index (χ0n) is 7.36. The number of aromatic amines is 1. The van der Waals surface area contributed by atoms with Crippen molar-refractivity contribution in [3.8, 4) is 11.5 Å². The maximum atomic E-state index is 12.2. The van der Waals surface area contributed by atoms with Crippen LogP contribution in [0.4, 0.5) is 13.2 Å². The standard InChI is InChI=1S/C8H5F3N4/c9-8(10,11)15-5-13-7(14-15)6-3-1-2-4-12-6/h1-5H/p+1. The summed E-state index contributed by atoms with van der Waals surface area (Å²) in [5, 5.41) is 2.09. The van der Waals surface area contributed by atoms with Crippen molar-refractivity contribution in [3.05, 3.63) is 30.7 Å². The molecule has 2 rings (SSSR count). The topological polar surface area (TPSA) is 45.5 Å². The summed E-state index contributed by atoms with van der Waals surface area (Å²) in [6.45, 7) is 0. The fraction of sp³-hybridized carbons (Fsp3) is 0.125. The molecule has 2 heterocycles. The third-order valence-corrected chi connectivity index (χ3v) is 1.71. The van der Waals surface area contributed by atoms with E-state index in [9.17, 15) is 13.2 Å². The second kappa shape index (κ2) is 3.34. The predicted octanol–water partition coefficient (Wildman–Crippen LogP) is 1.24. The molecule has 0 amide bonds. The van der Waals surface area contributed by atoms with Gasteiger partial charge in [-0.1, -0.05) is 10.7 Å². The largest absolute Gasteiger partial charge is 0.585 e. The van der Waals surface area contributed by atoms with Gasteiger partial charge in [-0.25, -0.2) is 0 Å². The maximum absolute atomic E-state index is 12.2. The number of hydrogen-bond donors (Lipinski definition) is 1. The Labute approximate surface area is 82.4 Å². The summed E-state index contributed by atoms with van der Waals surface area (Å²) in [5.41, 5.74) is 0.362. The lowest BCUT2D eigenvalue weighted by atomic mass is 10.3. The Morgan fingerprint density at radius 2 is 2.00 bits per heavy atom. The Bertz CT molecular complexity index is 448. The zero-order chi connectivity index (χ0) is 10.9. The Morgan fingerprint density at radius 1 is 1.20 bits per heavy atom. The van der Waals surface area contributed by atoms with E-state index >= 15 is 0 Å². The Balaban J connectivity index is 2.37. The van der Waals surface area contributed by atoms with E-state index in [2.05, 4.69) is 15.1 Å². The van der Waals surface area contributed by atoms with Crippen molar-refractivity contribution in [1.29, 1.82) is 0 Å². The molecule has 0 unspecified atom stereocenters. The van der Waals surface area contributed by atoms with E-state index in [-0.39, 0.29) is 10.5 Å². The van der Waals surface area contributed by atoms with Crippen molar-refractivity contribution in [2.75, 3.05) is 0 Å². The molecule has 0 fully saturated rings. The number of hydrogen-bond acceptors (Lipinski definition) is 2. The van der Waals surface area contributed by atoms with Crippen LogP contribution in [-0.2, 0) is 6.30 Å². The predicted molar refractivity (Wildman–Crippen MR) is 43.3 cm³/mol. The highest BCUT2D eigenvalue weighted by molar-refractivity contribution is 5.46. The van der Waals surface area contributed by atoms with E-state index in [4.69, 9.17) is 0 Å². The minimum Gasteiger partial charge on any atom is -0.250 e. The molecule has 0 aromatic carbocycles. The normalized spacial score (nSPS) is 11.7. The zero-order valence-corrected chi connectivity index (χ0v) is 7.36. The molecule has 0 aliphatic carbocycles. The van der Waals surface area contributed by atoms with Gasteiger partial charge in [0.1, 0.15) is 5.69 Å². The molecule has 2 aromatic heterocycles. The van der Waals surface area contributed by atoms with Crippen molar-refractivity contribution in [2.24, 2.45) is 0 Å². The number of rotatable bonds is 1. The summed E-state index contributed by atoms with van der Waals surface area (Å²) < 4.78 is 36.5. The van der Waals surface area contributed by atoms with Gasteiger partial charge in [0.15, 0.2) is 0 Å². The first-order chi connectivity index (χ1) is 7.07. The van der Waals surface area contributed by atoms with E-state index < -0.39 is 6.30 Å². The van der Waals surface area contributed by atoms with Crippen molar-refractivity contribution in [3.63, 3.8) is 0 Å². The monoisotopic (exact) mass is 215 g/mol.